The summed E-state index contributed by atoms with van der Waals surface area (Å²) >= 11 is 6.05. The zero-order valence-corrected chi connectivity index (χ0v) is 14.8. The number of amides is 1. The Bertz CT molecular complexity index is 928. The number of fused-ring (bicyclic) bond motifs is 1. The number of nitrogens with zero attached hydrogens (tertiary/aromatic N) is 3. The van der Waals surface area contributed by atoms with Gasteiger partial charge < -0.3 is 0 Å². The van der Waals surface area contributed by atoms with Gasteiger partial charge in [0.25, 0.3) is 0 Å². The maximum absolute atomic E-state index is 12.5. The van der Waals surface area contributed by atoms with E-state index < -0.39 is 0 Å². The van der Waals surface area contributed by atoms with E-state index in [1.54, 1.807) is 6.07 Å². The third-order valence-corrected chi connectivity index (χ3v) is 4.89. The van der Waals surface area contributed by atoms with Crippen molar-refractivity contribution in [2.24, 2.45) is 0 Å². The van der Waals surface area contributed by atoms with Crippen LogP contribution in [0.25, 0.3) is 11.2 Å². The monoisotopic (exact) mass is 354 g/mol. The Morgan fingerprint density at radius 1 is 1.20 bits per heavy atom. The minimum absolute atomic E-state index is 0.0779. The molecule has 1 saturated carbocycles. The number of pyridine rings is 1. The van der Waals surface area contributed by atoms with E-state index in [1.807, 2.05) is 41.8 Å². The molecule has 4 rings (SSSR count). The van der Waals surface area contributed by atoms with E-state index in [-0.39, 0.29) is 5.91 Å². The van der Waals surface area contributed by atoms with Crippen molar-refractivity contribution in [2.45, 2.75) is 38.6 Å². The number of hydrogen-bond acceptors (Lipinski definition) is 3. The molecule has 6 heteroatoms. The third kappa shape index (κ3) is 3.24. The fraction of sp³-hybridized carbons (Fsp3) is 0.316. The number of anilines is 1. The quantitative estimate of drug-likeness (QED) is 0.710. The van der Waals surface area contributed by atoms with Crippen molar-refractivity contribution >= 4 is 34.6 Å². The van der Waals surface area contributed by atoms with E-state index in [0.29, 0.717) is 23.6 Å². The number of carbonyl (C=O) groups is 1. The Morgan fingerprint density at radius 2 is 1.96 bits per heavy atom. The summed E-state index contributed by atoms with van der Waals surface area (Å²) in [6.07, 6.45) is 3.64. The maximum Gasteiger partial charge on any atom is 0.231 e. The number of imidazole rings is 1. The Morgan fingerprint density at radius 3 is 2.64 bits per heavy atom. The zero-order valence-electron chi connectivity index (χ0n) is 14.0. The number of nitrogens with one attached hydrogen (secondary N) is 1. The van der Waals surface area contributed by atoms with E-state index in [0.717, 1.165) is 29.6 Å². The van der Waals surface area contributed by atoms with Gasteiger partial charge in [-0.3, -0.25) is 14.7 Å². The highest BCUT2D eigenvalue weighted by atomic mass is 35.5. The molecule has 1 N–H and O–H groups in total. The van der Waals surface area contributed by atoms with Gasteiger partial charge in [-0.1, -0.05) is 41.4 Å². The molecule has 3 aromatic rings. The van der Waals surface area contributed by atoms with Crippen LogP contribution in [0.2, 0.25) is 5.15 Å². The number of benzene rings is 1. The van der Waals surface area contributed by atoms with Crippen molar-refractivity contribution in [1.82, 2.24) is 14.5 Å². The molecule has 0 bridgehead atoms. The van der Waals surface area contributed by atoms with Crippen LogP contribution in [0.4, 0.5) is 5.95 Å². The van der Waals surface area contributed by atoms with Gasteiger partial charge in [0.1, 0.15) is 10.7 Å². The summed E-state index contributed by atoms with van der Waals surface area (Å²) < 4.78 is 2.03. The lowest BCUT2D eigenvalue weighted by Crippen LogP contribution is -2.23. The second-order valence-corrected chi connectivity index (χ2v) is 6.96. The van der Waals surface area contributed by atoms with Crippen molar-refractivity contribution < 1.29 is 4.79 Å². The second-order valence-electron chi connectivity index (χ2n) is 6.58. The molecule has 1 aliphatic carbocycles. The highest BCUT2D eigenvalue weighted by Crippen LogP contribution is 2.36. The van der Waals surface area contributed by atoms with Crippen LogP contribution in [0.5, 0.6) is 0 Å². The van der Waals surface area contributed by atoms with Crippen molar-refractivity contribution in [3.05, 3.63) is 52.7 Å². The lowest BCUT2D eigenvalue weighted by atomic mass is 9.93. The summed E-state index contributed by atoms with van der Waals surface area (Å²) in [5.74, 6) is 0.484. The van der Waals surface area contributed by atoms with Crippen molar-refractivity contribution in [3.8, 4) is 0 Å². The first-order chi connectivity index (χ1) is 12.1. The van der Waals surface area contributed by atoms with Crippen LogP contribution in [0, 0.1) is 6.92 Å². The Kier molecular flexibility index (Phi) is 4.17. The van der Waals surface area contributed by atoms with Gasteiger partial charge in [-0.05, 0) is 43.9 Å². The van der Waals surface area contributed by atoms with E-state index in [2.05, 4.69) is 15.3 Å². The van der Waals surface area contributed by atoms with E-state index in [1.165, 1.54) is 12.0 Å². The number of aromatic nitrogens is 3. The predicted molar refractivity (Wildman–Crippen MR) is 98.9 cm³/mol. The molecule has 0 aliphatic heterocycles. The molecule has 128 valence electrons. The largest absolute Gasteiger partial charge is 0.296 e. The molecule has 5 nitrogen and oxygen atoms in total. The van der Waals surface area contributed by atoms with Gasteiger partial charge in [0.15, 0.2) is 5.65 Å². The van der Waals surface area contributed by atoms with Gasteiger partial charge in [0.05, 0.1) is 6.42 Å². The molecule has 25 heavy (non-hydrogen) atoms. The average Bonchev–Trinajstić information content (AvgIpc) is 2.86. The van der Waals surface area contributed by atoms with Gasteiger partial charge in [-0.2, -0.15) is 0 Å². The van der Waals surface area contributed by atoms with Crippen LogP contribution in [0.1, 0.15) is 36.4 Å². The molecule has 1 aromatic carbocycles. The number of aryl methyl sites for hydroxylation is 1. The third-order valence-electron chi connectivity index (χ3n) is 4.68. The minimum Gasteiger partial charge on any atom is -0.296 e. The lowest BCUT2D eigenvalue weighted by molar-refractivity contribution is -0.115. The standard InChI is InChI=1S/C19H19ClN4O/c1-12-5-7-13(8-6-12)11-17(25)23-19-21-15-9-10-16(20)22-18(15)24(19)14-3-2-4-14/h5-10,14H,2-4,11H2,1H3,(H,21,23,25). The molecule has 1 fully saturated rings. The van der Waals surface area contributed by atoms with Crippen LogP contribution < -0.4 is 5.32 Å². The van der Waals surface area contributed by atoms with Crippen LogP contribution in [-0.4, -0.2) is 20.4 Å². The first-order valence-corrected chi connectivity index (χ1v) is 8.88. The van der Waals surface area contributed by atoms with E-state index in [4.69, 9.17) is 11.6 Å². The number of carbonyl (C=O) groups excluding carboxylic acids is 1. The maximum atomic E-state index is 12.5. The SMILES string of the molecule is Cc1ccc(CC(=O)Nc2nc3ccc(Cl)nc3n2C2CCC2)cc1. The van der Waals surface area contributed by atoms with E-state index in [9.17, 15) is 4.79 Å². The summed E-state index contributed by atoms with van der Waals surface area (Å²) in [7, 11) is 0. The molecule has 0 radical (unpaired) electrons. The van der Waals surface area contributed by atoms with Crippen LogP contribution in [0.15, 0.2) is 36.4 Å². The van der Waals surface area contributed by atoms with Crippen LogP contribution in [-0.2, 0) is 11.2 Å². The van der Waals surface area contributed by atoms with Crippen LogP contribution in [0.3, 0.4) is 0 Å². The van der Waals surface area contributed by atoms with Gasteiger partial charge in [-0.25, -0.2) is 9.97 Å². The second kappa shape index (κ2) is 6.48. The summed E-state index contributed by atoms with van der Waals surface area (Å²) in [6.45, 7) is 2.03. The molecule has 0 atom stereocenters. The molecule has 1 aliphatic rings. The molecular weight excluding hydrogens is 336 g/mol. The molecule has 0 spiro atoms. The molecule has 0 saturated heterocycles. The molecule has 0 unspecified atom stereocenters. The smallest absolute Gasteiger partial charge is 0.231 e. The highest BCUT2D eigenvalue weighted by molar-refractivity contribution is 6.29. The van der Waals surface area contributed by atoms with E-state index >= 15 is 0 Å². The van der Waals surface area contributed by atoms with Gasteiger partial charge in [0.2, 0.25) is 11.9 Å². The first kappa shape index (κ1) is 16.1. The minimum atomic E-state index is -0.0779. The fourth-order valence-electron chi connectivity index (χ4n) is 3.09. The Hall–Kier alpha value is -2.40. The number of rotatable bonds is 4. The average molecular weight is 355 g/mol. The van der Waals surface area contributed by atoms with Crippen molar-refractivity contribution in [2.75, 3.05) is 5.32 Å². The normalized spacial score (nSPS) is 14.5. The molecule has 2 aromatic heterocycles. The highest BCUT2D eigenvalue weighted by Gasteiger charge is 2.26. The summed E-state index contributed by atoms with van der Waals surface area (Å²) in [4.78, 5) is 21.5. The first-order valence-electron chi connectivity index (χ1n) is 8.50. The van der Waals surface area contributed by atoms with Crippen molar-refractivity contribution in [3.63, 3.8) is 0 Å². The van der Waals surface area contributed by atoms with Gasteiger partial charge >= 0.3 is 0 Å². The number of hydrogen-bond donors (Lipinski definition) is 1. The lowest BCUT2D eigenvalue weighted by Gasteiger charge is -2.28. The zero-order chi connectivity index (χ0) is 17.4. The number of halogens is 1. The Labute approximate surface area is 151 Å². The molecular formula is C19H19ClN4O. The van der Waals surface area contributed by atoms with Crippen molar-refractivity contribution in [1.29, 1.82) is 0 Å². The topological polar surface area (TPSA) is 59.8 Å². The van der Waals surface area contributed by atoms with Crippen LogP contribution >= 0.6 is 11.6 Å². The Balaban J connectivity index is 1.61. The summed E-state index contributed by atoms with van der Waals surface area (Å²) in [5.41, 5.74) is 3.65. The fourth-order valence-corrected chi connectivity index (χ4v) is 3.23. The summed E-state index contributed by atoms with van der Waals surface area (Å²) in [6, 6.07) is 11.9. The predicted octanol–water partition coefficient (Wildman–Crippen LogP) is 4.30. The van der Waals surface area contributed by atoms with Gasteiger partial charge in [-0.15, -0.1) is 0 Å². The van der Waals surface area contributed by atoms with Gasteiger partial charge in [0, 0.05) is 6.04 Å². The molecule has 2 heterocycles. The molecule has 1 amide bonds. The summed E-state index contributed by atoms with van der Waals surface area (Å²) in [5, 5.41) is 3.40.